The van der Waals surface area contributed by atoms with Crippen molar-refractivity contribution in [2.24, 2.45) is 0 Å². The number of carbonyl (C=O) groups is 1. The number of ether oxygens (including phenoxy) is 2. The number of methoxy groups -OCH3 is 2. The van der Waals surface area contributed by atoms with E-state index in [1.807, 2.05) is 30.1 Å². The van der Waals surface area contributed by atoms with Crippen molar-refractivity contribution in [1.82, 2.24) is 10.2 Å². The largest absolute Gasteiger partial charge is 0.497 e. The Balaban J connectivity index is 2.07. The van der Waals surface area contributed by atoms with E-state index < -0.39 is 0 Å². The lowest BCUT2D eigenvalue weighted by Gasteiger charge is -2.31. The van der Waals surface area contributed by atoms with Gasteiger partial charge in [-0.1, -0.05) is 0 Å². The molecule has 0 saturated carbocycles. The van der Waals surface area contributed by atoms with E-state index in [0.717, 1.165) is 43.0 Å². The summed E-state index contributed by atoms with van der Waals surface area (Å²) in [5.74, 6) is 1.58. The van der Waals surface area contributed by atoms with Gasteiger partial charge in [0, 0.05) is 18.7 Å². The highest BCUT2D eigenvalue weighted by molar-refractivity contribution is 5.79. The molecule has 21 heavy (non-hydrogen) atoms. The maximum Gasteiger partial charge on any atom is 0.227 e. The van der Waals surface area contributed by atoms with Crippen molar-refractivity contribution in [3.63, 3.8) is 0 Å². The Morgan fingerprint density at radius 3 is 2.62 bits per heavy atom. The fourth-order valence-electron chi connectivity index (χ4n) is 2.71. The zero-order valence-electron chi connectivity index (χ0n) is 13.0. The topological polar surface area (TPSA) is 50.8 Å². The summed E-state index contributed by atoms with van der Waals surface area (Å²) >= 11 is 0. The summed E-state index contributed by atoms with van der Waals surface area (Å²) in [5, 5.41) is 3.32. The molecule has 116 valence electrons. The lowest BCUT2D eigenvalue weighted by Crippen LogP contribution is -2.44. The van der Waals surface area contributed by atoms with Crippen LogP contribution in [0.1, 0.15) is 18.4 Å². The number of hydrogen-bond acceptors (Lipinski definition) is 4. The van der Waals surface area contributed by atoms with Crippen molar-refractivity contribution in [2.75, 3.05) is 34.4 Å². The number of amides is 1. The zero-order valence-corrected chi connectivity index (χ0v) is 13.0. The van der Waals surface area contributed by atoms with Gasteiger partial charge in [-0.25, -0.2) is 0 Å². The monoisotopic (exact) mass is 292 g/mol. The van der Waals surface area contributed by atoms with Crippen LogP contribution in [0.2, 0.25) is 0 Å². The summed E-state index contributed by atoms with van der Waals surface area (Å²) in [5.41, 5.74) is 0.864. The highest BCUT2D eigenvalue weighted by Gasteiger charge is 2.22. The molecule has 0 radical (unpaired) electrons. The number of hydrogen-bond donors (Lipinski definition) is 1. The first kappa shape index (κ1) is 15.6. The Morgan fingerprint density at radius 2 is 2.00 bits per heavy atom. The summed E-state index contributed by atoms with van der Waals surface area (Å²) in [6.07, 6.45) is 2.36. The van der Waals surface area contributed by atoms with E-state index in [-0.39, 0.29) is 5.91 Å². The molecule has 1 N–H and O–H groups in total. The van der Waals surface area contributed by atoms with Crippen LogP contribution in [0, 0.1) is 0 Å². The predicted molar refractivity (Wildman–Crippen MR) is 81.9 cm³/mol. The summed E-state index contributed by atoms with van der Waals surface area (Å²) in [4.78, 5) is 14.4. The second-order valence-corrected chi connectivity index (χ2v) is 5.34. The molecule has 1 fully saturated rings. The molecule has 0 spiro atoms. The van der Waals surface area contributed by atoms with Gasteiger partial charge in [-0.15, -0.1) is 0 Å². The van der Waals surface area contributed by atoms with Crippen LogP contribution in [0.4, 0.5) is 0 Å². The van der Waals surface area contributed by atoms with Crippen molar-refractivity contribution in [3.8, 4) is 11.5 Å². The van der Waals surface area contributed by atoms with Crippen LogP contribution >= 0.6 is 0 Å². The van der Waals surface area contributed by atoms with Crippen molar-refractivity contribution in [2.45, 2.75) is 25.3 Å². The van der Waals surface area contributed by atoms with Crippen LogP contribution in [0.5, 0.6) is 11.5 Å². The van der Waals surface area contributed by atoms with Gasteiger partial charge in [0.05, 0.1) is 20.6 Å². The second kappa shape index (κ2) is 7.31. The number of benzene rings is 1. The molecule has 0 aliphatic carbocycles. The Hall–Kier alpha value is -1.75. The Kier molecular flexibility index (Phi) is 5.44. The minimum atomic E-state index is 0.119. The fraction of sp³-hybridized carbons (Fsp3) is 0.562. The van der Waals surface area contributed by atoms with Gasteiger partial charge in [0.2, 0.25) is 5.91 Å². The molecule has 1 aromatic carbocycles. The van der Waals surface area contributed by atoms with E-state index in [4.69, 9.17) is 9.47 Å². The highest BCUT2D eigenvalue weighted by Crippen LogP contribution is 2.25. The molecule has 2 rings (SSSR count). The molecular weight excluding hydrogens is 268 g/mol. The van der Waals surface area contributed by atoms with Gasteiger partial charge in [-0.2, -0.15) is 0 Å². The smallest absolute Gasteiger partial charge is 0.227 e. The number of likely N-dealkylation sites (N-methyl/N-ethyl adjacent to an activating group) is 1. The van der Waals surface area contributed by atoms with Gasteiger partial charge in [0.15, 0.2) is 0 Å². The summed E-state index contributed by atoms with van der Waals surface area (Å²) in [6, 6.07) is 5.87. The molecule has 0 unspecified atom stereocenters. The molecule has 5 nitrogen and oxygen atoms in total. The molecule has 1 aromatic rings. The van der Waals surface area contributed by atoms with Gasteiger partial charge in [0.25, 0.3) is 0 Å². The number of piperidine rings is 1. The van der Waals surface area contributed by atoms with Crippen LogP contribution in [0.3, 0.4) is 0 Å². The number of nitrogens with zero attached hydrogens (tertiary/aromatic N) is 1. The SMILES string of the molecule is COc1ccc(OC)c(CC(=O)N(C)C2CCNCC2)c1. The minimum absolute atomic E-state index is 0.119. The zero-order chi connectivity index (χ0) is 15.2. The van der Waals surface area contributed by atoms with Crippen molar-refractivity contribution in [3.05, 3.63) is 23.8 Å². The van der Waals surface area contributed by atoms with Crippen LogP contribution in [-0.4, -0.2) is 51.2 Å². The van der Waals surface area contributed by atoms with Crippen molar-refractivity contribution < 1.29 is 14.3 Å². The second-order valence-electron chi connectivity index (χ2n) is 5.34. The average Bonchev–Trinajstić information content (AvgIpc) is 2.54. The fourth-order valence-corrected chi connectivity index (χ4v) is 2.71. The standard InChI is InChI=1S/C16H24N2O3/c1-18(13-6-8-17-9-7-13)16(19)11-12-10-14(20-2)4-5-15(12)21-3/h4-5,10,13,17H,6-9,11H2,1-3H3. The Bertz CT molecular complexity index is 484. The molecule has 5 heteroatoms. The summed E-state index contributed by atoms with van der Waals surface area (Å²) in [7, 11) is 5.13. The predicted octanol–water partition coefficient (Wildman–Crippen LogP) is 1.46. The summed E-state index contributed by atoms with van der Waals surface area (Å²) < 4.78 is 10.6. The molecule has 0 aromatic heterocycles. The molecule has 1 aliphatic rings. The van der Waals surface area contributed by atoms with Crippen LogP contribution in [0.25, 0.3) is 0 Å². The van der Waals surface area contributed by atoms with Crippen molar-refractivity contribution >= 4 is 5.91 Å². The van der Waals surface area contributed by atoms with E-state index in [1.54, 1.807) is 14.2 Å². The van der Waals surface area contributed by atoms with E-state index in [1.165, 1.54) is 0 Å². The number of carbonyl (C=O) groups excluding carboxylic acids is 1. The van der Waals surface area contributed by atoms with Crippen LogP contribution in [0.15, 0.2) is 18.2 Å². The third-order valence-corrected chi connectivity index (χ3v) is 4.08. The van der Waals surface area contributed by atoms with Crippen LogP contribution < -0.4 is 14.8 Å². The Labute approximate surface area is 126 Å². The molecule has 1 amide bonds. The normalized spacial score (nSPS) is 15.6. The third kappa shape index (κ3) is 3.88. The first-order valence-electron chi connectivity index (χ1n) is 7.33. The number of nitrogens with one attached hydrogen (secondary N) is 1. The Morgan fingerprint density at radius 1 is 1.29 bits per heavy atom. The van der Waals surface area contributed by atoms with Crippen molar-refractivity contribution in [1.29, 1.82) is 0 Å². The van der Waals surface area contributed by atoms with E-state index in [0.29, 0.717) is 12.5 Å². The average molecular weight is 292 g/mol. The molecule has 1 heterocycles. The molecule has 0 bridgehead atoms. The van der Waals surface area contributed by atoms with Gasteiger partial charge < -0.3 is 19.7 Å². The number of rotatable bonds is 5. The molecule has 1 aliphatic heterocycles. The maximum atomic E-state index is 12.5. The molecular formula is C16H24N2O3. The third-order valence-electron chi connectivity index (χ3n) is 4.08. The van der Waals surface area contributed by atoms with E-state index in [2.05, 4.69) is 5.32 Å². The van der Waals surface area contributed by atoms with Gasteiger partial charge in [-0.05, 0) is 44.1 Å². The first-order chi connectivity index (χ1) is 10.2. The van der Waals surface area contributed by atoms with E-state index in [9.17, 15) is 4.79 Å². The maximum absolute atomic E-state index is 12.5. The van der Waals surface area contributed by atoms with Gasteiger partial charge in [-0.3, -0.25) is 4.79 Å². The molecule has 0 atom stereocenters. The minimum Gasteiger partial charge on any atom is -0.497 e. The molecule has 1 saturated heterocycles. The van der Waals surface area contributed by atoms with Crippen LogP contribution in [-0.2, 0) is 11.2 Å². The quantitative estimate of drug-likeness (QED) is 0.892. The summed E-state index contributed by atoms with van der Waals surface area (Å²) in [6.45, 7) is 1.95. The lowest BCUT2D eigenvalue weighted by atomic mass is 10.0. The van der Waals surface area contributed by atoms with Gasteiger partial charge in [0.1, 0.15) is 11.5 Å². The first-order valence-corrected chi connectivity index (χ1v) is 7.33. The highest BCUT2D eigenvalue weighted by atomic mass is 16.5. The van der Waals surface area contributed by atoms with E-state index >= 15 is 0 Å². The lowest BCUT2D eigenvalue weighted by molar-refractivity contribution is -0.131. The van der Waals surface area contributed by atoms with Gasteiger partial charge >= 0.3 is 0 Å².